The Labute approximate surface area is 200 Å². The summed E-state index contributed by atoms with van der Waals surface area (Å²) >= 11 is 5.88. The molecule has 172 valence electrons. The van der Waals surface area contributed by atoms with Crippen molar-refractivity contribution in [3.05, 3.63) is 94.5 Å². The molecule has 5 nitrogen and oxygen atoms in total. The summed E-state index contributed by atoms with van der Waals surface area (Å²) in [5.74, 6) is 0.770. The predicted octanol–water partition coefficient (Wildman–Crippen LogP) is 5.88. The Bertz CT molecular complexity index is 1240. The van der Waals surface area contributed by atoms with E-state index in [1.807, 2.05) is 36.4 Å². The van der Waals surface area contributed by atoms with E-state index in [1.165, 1.54) is 5.56 Å². The van der Waals surface area contributed by atoms with Crippen molar-refractivity contribution in [2.24, 2.45) is 5.10 Å². The van der Waals surface area contributed by atoms with Crippen LogP contribution < -0.4 is 4.74 Å². The Morgan fingerprint density at radius 2 is 1.64 bits per heavy atom. The monoisotopic (exact) mass is 482 g/mol. The Hall–Kier alpha value is -2.83. The molecule has 1 heterocycles. The maximum atomic E-state index is 12.7. The van der Waals surface area contributed by atoms with Crippen LogP contribution in [0, 0.1) is 0 Å². The summed E-state index contributed by atoms with van der Waals surface area (Å²) in [6, 6.07) is 22.4. The Kier molecular flexibility index (Phi) is 6.77. The summed E-state index contributed by atoms with van der Waals surface area (Å²) < 4.78 is 30.8. The van der Waals surface area contributed by atoms with Crippen LogP contribution in [0.5, 0.6) is 5.75 Å². The standard InChI is InChI=1S/C26H27ClN2O3S/c1-18(2)29-26(21-8-12-23(32-3)13-9-21)16-25(28-29)20-6-4-19(5-7-20)17-33(30,31)24-14-10-22(27)11-15-24/h4-15,18,26H,16-17H2,1-3H3. The molecule has 3 aromatic rings. The van der Waals surface area contributed by atoms with E-state index in [2.05, 4.69) is 31.0 Å². The van der Waals surface area contributed by atoms with Gasteiger partial charge in [0.15, 0.2) is 9.84 Å². The number of halogens is 1. The number of ether oxygens (including phenoxy) is 1. The molecule has 0 fully saturated rings. The van der Waals surface area contributed by atoms with Crippen LogP contribution in [0.25, 0.3) is 0 Å². The summed E-state index contributed by atoms with van der Waals surface area (Å²) in [6.07, 6.45) is 0.785. The zero-order chi connectivity index (χ0) is 23.6. The van der Waals surface area contributed by atoms with Crippen molar-refractivity contribution >= 4 is 27.1 Å². The first-order chi connectivity index (χ1) is 15.8. The first-order valence-corrected chi connectivity index (χ1v) is 12.9. The quantitative estimate of drug-likeness (QED) is 0.421. The van der Waals surface area contributed by atoms with E-state index < -0.39 is 9.84 Å². The van der Waals surface area contributed by atoms with Crippen LogP contribution in [-0.4, -0.2) is 32.3 Å². The van der Waals surface area contributed by atoms with E-state index in [1.54, 1.807) is 31.4 Å². The highest BCUT2D eigenvalue weighted by molar-refractivity contribution is 7.90. The first-order valence-electron chi connectivity index (χ1n) is 10.8. The molecule has 0 N–H and O–H groups in total. The summed E-state index contributed by atoms with van der Waals surface area (Å²) in [5.41, 5.74) is 3.93. The molecule has 7 heteroatoms. The molecule has 0 aliphatic carbocycles. The van der Waals surface area contributed by atoms with E-state index >= 15 is 0 Å². The zero-order valence-corrected chi connectivity index (χ0v) is 20.5. The van der Waals surface area contributed by atoms with Gasteiger partial charge in [-0.25, -0.2) is 8.42 Å². The second-order valence-electron chi connectivity index (χ2n) is 8.42. The lowest BCUT2D eigenvalue weighted by molar-refractivity contribution is 0.184. The van der Waals surface area contributed by atoms with Crippen molar-refractivity contribution < 1.29 is 13.2 Å². The third kappa shape index (κ3) is 5.23. The molecule has 1 aliphatic rings. The fraction of sp³-hybridized carbons (Fsp3) is 0.269. The van der Waals surface area contributed by atoms with Gasteiger partial charge in [-0.3, -0.25) is 5.01 Å². The van der Waals surface area contributed by atoms with Crippen molar-refractivity contribution in [1.29, 1.82) is 0 Å². The number of methoxy groups -OCH3 is 1. The summed E-state index contributed by atoms with van der Waals surface area (Å²) in [5, 5.41) is 7.55. The van der Waals surface area contributed by atoms with Crippen LogP contribution in [0.2, 0.25) is 5.02 Å². The predicted molar refractivity (Wildman–Crippen MR) is 133 cm³/mol. The summed E-state index contributed by atoms with van der Waals surface area (Å²) in [4.78, 5) is 0.269. The van der Waals surface area contributed by atoms with Crippen molar-refractivity contribution in [2.75, 3.05) is 7.11 Å². The van der Waals surface area contributed by atoms with Gasteiger partial charge in [0.05, 0.1) is 29.5 Å². The van der Waals surface area contributed by atoms with E-state index in [-0.39, 0.29) is 22.7 Å². The van der Waals surface area contributed by atoms with Crippen LogP contribution in [0.15, 0.2) is 82.8 Å². The van der Waals surface area contributed by atoms with Crippen LogP contribution in [0.4, 0.5) is 0 Å². The van der Waals surface area contributed by atoms with Gasteiger partial charge < -0.3 is 4.74 Å². The fourth-order valence-electron chi connectivity index (χ4n) is 4.01. The highest BCUT2D eigenvalue weighted by Gasteiger charge is 2.30. The third-order valence-corrected chi connectivity index (χ3v) is 7.74. The molecule has 3 aromatic carbocycles. The molecular formula is C26H27ClN2O3S. The number of hydrogen-bond acceptors (Lipinski definition) is 5. The Morgan fingerprint density at radius 1 is 1.00 bits per heavy atom. The molecule has 0 saturated carbocycles. The second kappa shape index (κ2) is 9.57. The van der Waals surface area contributed by atoms with Gasteiger partial charge in [0, 0.05) is 17.5 Å². The maximum Gasteiger partial charge on any atom is 0.182 e. The van der Waals surface area contributed by atoms with Gasteiger partial charge in [0.1, 0.15) is 5.75 Å². The molecule has 0 bridgehead atoms. The highest BCUT2D eigenvalue weighted by atomic mass is 35.5. The number of rotatable bonds is 7. The van der Waals surface area contributed by atoms with E-state index in [4.69, 9.17) is 21.4 Å². The SMILES string of the molecule is COc1ccc(C2CC(c3ccc(CS(=O)(=O)c4ccc(Cl)cc4)cc3)=NN2C(C)C)cc1. The van der Waals surface area contributed by atoms with Crippen molar-refractivity contribution in [3.8, 4) is 5.75 Å². The Balaban J connectivity index is 1.52. The van der Waals surface area contributed by atoms with Gasteiger partial charge in [-0.15, -0.1) is 0 Å². The lowest BCUT2D eigenvalue weighted by Gasteiger charge is -2.27. The van der Waals surface area contributed by atoms with Crippen LogP contribution in [0.1, 0.15) is 43.0 Å². The van der Waals surface area contributed by atoms with E-state index in [9.17, 15) is 8.42 Å². The minimum atomic E-state index is -3.44. The molecule has 0 saturated heterocycles. The number of benzene rings is 3. The molecule has 1 unspecified atom stereocenters. The number of nitrogens with zero attached hydrogens (tertiary/aromatic N) is 2. The molecule has 1 aliphatic heterocycles. The topological polar surface area (TPSA) is 59.0 Å². The lowest BCUT2D eigenvalue weighted by atomic mass is 9.97. The van der Waals surface area contributed by atoms with Crippen LogP contribution in [-0.2, 0) is 15.6 Å². The van der Waals surface area contributed by atoms with Crippen molar-refractivity contribution in [1.82, 2.24) is 5.01 Å². The van der Waals surface area contributed by atoms with E-state index in [0.29, 0.717) is 5.02 Å². The van der Waals surface area contributed by atoms with Crippen molar-refractivity contribution in [3.63, 3.8) is 0 Å². The van der Waals surface area contributed by atoms with Gasteiger partial charge in [0.2, 0.25) is 0 Å². The van der Waals surface area contributed by atoms with Gasteiger partial charge >= 0.3 is 0 Å². The molecule has 4 rings (SSSR count). The first kappa shape index (κ1) is 23.3. The van der Waals surface area contributed by atoms with E-state index in [0.717, 1.165) is 29.0 Å². The fourth-order valence-corrected chi connectivity index (χ4v) is 5.49. The minimum Gasteiger partial charge on any atom is -0.497 e. The molecule has 0 radical (unpaired) electrons. The summed E-state index contributed by atoms with van der Waals surface area (Å²) in [7, 11) is -1.78. The van der Waals surface area contributed by atoms with Gasteiger partial charge in [-0.2, -0.15) is 5.10 Å². The van der Waals surface area contributed by atoms with Crippen molar-refractivity contribution in [2.45, 2.75) is 43.0 Å². The molecule has 33 heavy (non-hydrogen) atoms. The van der Waals surface area contributed by atoms with Crippen LogP contribution in [0.3, 0.4) is 0 Å². The average molecular weight is 483 g/mol. The Morgan fingerprint density at radius 3 is 2.21 bits per heavy atom. The molecule has 1 atom stereocenters. The van der Waals surface area contributed by atoms with Crippen LogP contribution >= 0.6 is 11.6 Å². The summed E-state index contributed by atoms with van der Waals surface area (Å²) in [6.45, 7) is 4.27. The second-order valence-corrected chi connectivity index (χ2v) is 10.8. The van der Waals surface area contributed by atoms with Gasteiger partial charge in [-0.1, -0.05) is 48.0 Å². The van der Waals surface area contributed by atoms with Gasteiger partial charge in [0.25, 0.3) is 0 Å². The number of hydrogen-bond donors (Lipinski definition) is 0. The number of sulfone groups is 1. The molecule has 0 amide bonds. The maximum absolute atomic E-state index is 12.7. The average Bonchev–Trinajstić information content (AvgIpc) is 3.25. The smallest absolute Gasteiger partial charge is 0.182 e. The minimum absolute atomic E-state index is 0.0615. The third-order valence-electron chi connectivity index (χ3n) is 5.79. The normalized spacial score (nSPS) is 16.2. The van der Waals surface area contributed by atoms with Gasteiger partial charge in [-0.05, 0) is 66.9 Å². The largest absolute Gasteiger partial charge is 0.497 e. The lowest BCUT2D eigenvalue weighted by Crippen LogP contribution is -2.26. The highest BCUT2D eigenvalue weighted by Crippen LogP contribution is 2.35. The molecule has 0 spiro atoms. The molecular weight excluding hydrogens is 456 g/mol. The zero-order valence-electron chi connectivity index (χ0n) is 18.9. The molecule has 0 aromatic heterocycles. The number of hydrazone groups is 1.